The summed E-state index contributed by atoms with van der Waals surface area (Å²) < 4.78 is 5.50. The van der Waals surface area contributed by atoms with E-state index in [1.807, 2.05) is 0 Å². The van der Waals surface area contributed by atoms with Crippen molar-refractivity contribution in [3.63, 3.8) is 0 Å². The van der Waals surface area contributed by atoms with Gasteiger partial charge in [0.25, 0.3) is 5.91 Å². The molecule has 1 aromatic rings. The second kappa shape index (κ2) is 5.92. The van der Waals surface area contributed by atoms with Crippen LogP contribution in [0.4, 0.5) is 0 Å². The molecule has 4 nitrogen and oxygen atoms in total. The fourth-order valence-corrected chi connectivity index (χ4v) is 2.69. The summed E-state index contributed by atoms with van der Waals surface area (Å²) in [4.78, 5) is 25.4. The van der Waals surface area contributed by atoms with E-state index in [1.165, 1.54) is 7.11 Å². The number of nitrogens with zero attached hydrogens (tertiary/aromatic N) is 1. The Balaban J connectivity index is 2.13. The summed E-state index contributed by atoms with van der Waals surface area (Å²) in [6, 6.07) is 5.14. The van der Waals surface area contributed by atoms with Crippen LogP contribution in [-0.2, 0) is 9.53 Å². The van der Waals surface area contributed by atoms with Crippen molar-refractivity contribution in [3.8, 4) is 0 Å². The molecule has 1 heterocycles. The molecule has 0 aliphatic carbocycles. The van der Waals surface area contributed by atoms with Gasteiger partial charge in [0.05, 0.1) is 23.6 Å². The largest absolute Gasteiger partial charge is 0.469 e. The Morgan fingerprint density at radius 1 is 1.47 bits per heavy atom. The van der Waals surface area contributed by atoms with E-state index in [4.69, 9.17) is 16.3 Å². The standard InChI is InChI=1S/C13H13BrClNO3/c1-19-13(18)8-4-5-16(7-8)12(17)10-6-9(14)2-3-11(10)15/h2-3,6,8H,4-5,7H2,1H3. The molecule has 1 amide bonds. The summed E-state index contributed by atoms with van der Waals surface area (Å²) in [7, 11) is 1.36. The molecule has 1 atom stereocenters. The van der Waals surface area contributed by atoms with E-state index in [0.717, 1.165) is 4.47 Å². The van der Waals surface area contributed by atoms with Gasteiger partial charge in [-0.3, -0.25) is 9.59 Å². The molecule has 0 spiro atoms. The summed E-state index contributed by atoms with van der Waals surface area (Å²) >= 11 is 9.35. The topological polar surface area (TPSA) is 46.6 Å². The summed E-state index contributed by atoms with van der Waals surface area (Å²) in [6.45, 7) is 0.926. The highest BCUT2D eigenvalue weighted by molar-refractivity contribution is 9.10. The lowest BCUT2D eigenvalue weighted by atomic mass is 10.1. The van der Waals surface area contributed by atoms with Crippen LogP contribution in [0.5, 0.6) is 0 Å². The van der Waals surface area contributed by atoms with Crippen molar-refractivity contribution >= 4 is 39.4 Å². The van der Waals surface area contributed by atoms with Gasteiger partial charge < -0.3 is 9.64 Å². The zero-order valence-electron chi connectivity index (χ0n) is 10.4. The first-order chi connectivity index (χ1) is 9.02. The van der Waals surface area contributed by atoms with E-state index in [2.05, 4.69) is 15.9 Å². The molecule has 19 heavy (non-hydrogen) atoms. The normalized spacial score (nSPS) is 18.5. The van der Waals surface area contributed by atoms with E-state index in [-0.39, 0.29) is 17.8 Å². The molecule has 0 aromatic heterocycles. The Labute approximate surface area is 124 Å². The van der Waals surface area contributed by atoms with E-state index in [1.54, 1.807) is 23.1 Å². The quantitative estimate of drug-likeness (QED) is 0.774. The van der Waals surface area contributed by atoms with E-state index >= 15 is 0 Å². The first-order valence-corrected chi connectivity index (χ1v) is 7.02. The molecule has 1 saturated heterocycles. The second-order valence-corrected chi connectivity index (χ2v) is 5.71. The van der Waals surface area contributed by atoms with E-state index in [9.17, 15) is 9.59 Å². The highest BCUT2D eigenvalue weighted by Crippen LogP contribution is 2.25. The zero-order valence-corrected chi connectivity index (χ0v) is 12.7. The lowest BCUT2D eigenvalue weighted by Crippen LogP contribution is -2.30. The number of methoxy groups -OCH3 is 1. The van der Waals surface area contributed by atoms with Crippen LogP contribution >= 0.6 is 27.5 Å². The Bertz CT molecular complexity index is 521. The zero-order chi connectivity index (χ0) is 14.0. The Morgan fingerprint density at radius 3 is 2.89 bits per heavy atom. The van der Waals surface area contributed by atoms with Crippen LogP contribution in [0.1, 0.15) is 16.8 Å². The van der Waals surface area contributed by atoms with Crippen LogP contribution in [-0.4, -0.2) is 37.0 Å². The van der Waals surface area contributed by atoms with Gasteiger partial charge in [-0.2, -0.15) is 0 Å². The van der Waals surface area contributed by atoms with Gasteiger partial charge in [0, 0.05) is 17.6 Å². The van der Waals surface area contributed by atoms with Gasteiger partial charge in [-0.15, -0.1) is 0 Å². The highest BCUT2D eigenvalue weighted by Gasteiger charge is 2.32. The van der Waals surface area contributed by atoms with Crippen LogP contribution in [0.3, 0.4) is 0 Å². The molecule has 2 rings (SSSR count). The fourth-order valence-electron chi connectivity index (χ4n) is 2.14. The smallest absolute Gasteiger partial charge is 0.310 e. The molecule has 1 unspecified atom stereocenters. The number of esters is 1. The van der Waals surface area contributed by atoms with Gasteiger partial charge in [-0.1, -0.05) is 27.5 Å². The lowest BCUT2D eigenvalue weighted by Gasteiger charge is -2.17. The van der Waals surface area contributed by atoms with Gasteiger partial charge in [-0.25, -0.2) is 0 Å². The average Bonchev–Trinajstić information content (AvgIpc) is 2.89. The number of rotatable bonds is 2. The lowest BCUT2D eigenvalue weighted by molar-refractivity contribution is -0.144. The Morgan fingerprint density at radius 2 is 2.21 bits per heavy atom. The molecule has 0 saturated carbocycles. The van der Waals surface area contributed by atoms with Gasteiger partial charge in [0.1, 0.15) is 0 Å². The third-order valence-corrected chi connectivity index (χ3v) is 3.99. The molecule has 1 aromatic carbocycles. The number of ether oxygens (including phenoxy) is 1. The number of hydrogen-bond acceptors (Lipinski definition) is 3. The van der Waals surface area contributed by atoms with Crippen molar-refractivity contribution in [2.24, 2.45) is 5.92 Å². The Kier molecular flexibility index (Phi) is 4.47. The van der Waals surface area contributed by atoms with Crippen LogP contribution in [0.25, 0.3) is 0 Å². The van der Waals surface area contributed by atoms with E-state index in [0.29, 0.717) is 30.1 Å². The van der Waals surface area contributed by atoms with Gasteiger partial charge in [0.2, 0.25) is 0 Å². The first kappa shape index (κ1) is 14.3. The number of carbonyl (C=O) groups is 2. The van der Waals surface area contributed by atoms with Crippen molar-refractivity contribution in [2.75, 3.05) is 20.2 Å². The second-order valence-electron chi connectivity index (χ2n) is 4.38. The predicted octanol–water partition coefficient (Wildman–Crippen LogP) is 2.74. The molecular weight excluding hydrogens is 334 g/mol. The molecular formula is C13H13BrClNO3. The molecule has 0 N–H and O–H groups in total. The minimum absolute atomic E-state index is 0.155. The summed E-state index contributed by atoms with van der Waals surface area (Å²) in [5.74, 6) is -0.659. The highest BCUT2D eigenvalue weighted by atomic mass is 79.9. The SMILES string of the molecule is COC(=O)C1CCN(C(=O)c2cc(Br)ccc2Cl)C1. The molecule has 0 radical (unpaired) electrons. The van der Waals surface area contributed by atoms with Crippen molar-refractivity contribution in [2.45, 2.75) is 6.42 Å². The molecule has 102 valence electrons. The van der Waals surface area contributed by atoms with Crippen LogP contribution in [0, 0.1) is 5.92 Å². The maximum absolute atomic E-state index is 12.3. The van der Waals surface area contributed by atoms with Crippen LogP contribution in [0.2, 0.25) is 5.02 Å². The summed E-state index contributed by atoms with van der Waals surface area (Å²) in [6.07, 6.45) is 0.629. The third kappa shape index (κ3) is 3.09. The van der Waals surface area contributed by atoms with Crippen molar-refractivity contribution in [1.29, 1.82) is 0 Å². The number of likely N-dealkylation sites (tertiary alicyclic amines) is 1. The van der Waals surface area contributed by atoms with E-state index < -0.39 is 0 Å². The molecule has 1 aliphatic rings. The van der Waals surface area contributed by atoms with Crippen molar-refractivity contribution in [3.05, 3.63) is 33.3 Å². The minimum atomic E-state index is -0.268. The maximum Gasteiger partial charge on any atom is 0.310 e. The number of amides is 1. The Hall–Kier alpha value is -1.07. The number of hydrogen-bond donors (Lipinski definition) is 0. The number of halogens is 2. The van der Waals surface area contributed by atoms with Crippen molar-refractivity contribution in [1.82, 2.24) is 4.90 Å². The van der Waals surface area contributed by atoms with Gasteiger partial charge in [-0.05, 0) is 24.6 Å². The van der Waals surface area contributed by atoms with Gasteiger partial charge in [0.15, 0.2) is 0 Å². The molecule has 6 heteroatoms. The number of carbonyl (C=O) groups excluding carboxylic acids is 2. The molecule has 0 bridgehead atoms. The number of benzene rings is 1. The van der Waals surface area contributed by atoms with Crippen molar-refractivity contribution < 1.29 is 14.3 Å². The molecule has 1 fully saturated rings. The maximum atomic E-state index is 12.3. The average molecular weight is 347 g/mol. The van der Waals surface area contributed by atoms with Gasteiger partial charge >= 0.3 is 5.97 Å². The predicted molar refractivity (Wildman–Crippen MR) is 75.2 cm³/mol. The summed E-state index contributed by atoms with van der Waals surface area (Å²) in [5.41, 5.74) is 0.446. The van der Waals surface area contributed by atoms with Crippen LogP contribution < -0.4 is 0 Å². The fraction of sp³-hybridized carbons (Fsp3) is 0.385. The van der Waals surface area contributed by atoms with Crippen LogP contribution in [0.15, 0.2) is 22.7 Å². The monoisotopic (exact) mass is 345 g/mol. The summed E-state index contributed by atoms with van der Waals surface area (Å²) in [5, 5.41) is 0.412. The minimum Gasteiger partial charge on any atom is -0.469 e. The first-order valence-electron chi connectivity index (χ1n) is 5.85. The third-order valence-electron chi connectivity index (χ3n) is 3.17. The molecule has 1 aliphatic heterocycles.